The number of carboxylic acids is 1. The topological polar surface area (TPSA) is 91.6 Å². The number of carbonyl (C=O) groups excluding carboxylic acids is 1. The number of nitrogens with zero attached hydrogens (tertiary/aromatic N) is 2. The van der Waals surface area contributed by atoms with Crippen LogP contribution in [0.2, 0.25) is 0 Å². The molecule has 1 fully saturated rings. The van der Waals surface area contributed by atoms with Crippen LogP contribution in [0.5, 0.6) is 0 Å². The largest absolute Gasteiger partial charge is 0.477 e. The predicted octanol–water partition coefficient (Wildman–Crippen LogP) is 3.29. The second kappa shape index (κ2) is 8.47. The Morgan fingerprint density at radius 1 is 1.18 bits per heavy atom. The Morgan fingerprint density at radius 3 is 2.45 bits per heavy atom. The van der Waals surface area contributed by atoms with E-state index in [1.807, 2.05) is 0 Å². The number of halogens is 3. The van der Waals surface area contributed by atoms with Crippen molar-refractivity contribution < 1.29 is 23.5 Å². The Bertz CT molecular complexity index is 1330. The van der Waals surface area contributed by atoms with Gasteiger partial charge in [0.1, 0.15) is 17.2 Å². The summed E-state index contributed by atoms with van der Waals surface area (Å²) >= 11 is 6.42. The molecule has 10 heteroatoms. The lowest BCUT2D eigenvalue weighted by Gasteiger charge is -2.27. The van der Waals surface area contributed by atoms with Gasteiger partial charge in [-0.2, -0.15) is 0 Å². The maximum Gasteiger partial charge on any atom is 0.341 e. The van der Waals surface area contributed by atoms with E-state index in [0.29, 0.717) is 5.69 Å². The van der Waals surface area contributed by atoms with Crippen LogP contribution in [-0.2, 0) is 4.79 Å². The number of hydrogen-bond donors (Lipinski definition) is 2. The van der Waals surface area contributed by atoms with Gasteiger partial charge in [0.15, 0.2) is 0 Å². The highest BCUT2D eigenvalue weighted by Gasteiger charge is 2.40. The van der Waals surface area contributed by atoms with Crippen molar-refractivity contribution in [2.75, 3.05) is 11.4 Å². The van der Waals surface area contributed by atoms with Crippen LogP contribution in [-0.4, -0.2) is 45.6 Å². The first-order valence-electron chi connectivity index (χ1n) is 10.1. The van der Waals surface area contributed by atoms with Gasteiger partial charge in [0.2, 0.25) is 11.3 Å². The normalized spacial score (nSPS) is 20.3. The maximum absolute atomic E-state index is 15.2. The molecule has 0 spiro atoms. The van der Waals surface area contributed by atoms with E-state index in [0.717, 1.165) is 12.3 Å². The Hall–Kier alpha value is -3.46. The average Bonchev–Trinajstić information content (AvgIpc) is 3.02. The van der Waals surface area contributed by atoms with Crippen molar-refractivity contribution in [3.63, 3.8) is 0 Å². The molecular weight excluding hydrogens is 456 g/mol. The highest BCUT2D eigenvalue weighted by atomic mass is 35.5. The molecule has 0 radical (unpaired) electrons. The Morgan fingerprint density at radius 2 is 1.85 bits per heavy atom. The van der Waals surface area contributed by atoms with Crippen LogP contribution < -0.4 is 15.6 Å². The van der Waals surface area contributed by atoms with Crippen molar-refractivity contribution in [3.8, 4) is 5.69 Å². The lowest BCUT2D eigenvalue weighted by Crippen LogP contribution is -2.45. The molecule has 2 heterocycles. The number of hydrogen-bond acceptors (Lipinski definition) is 4. The minimum atomic E-state index is -1.46. The van der Waals surface area contributed by atoms with E-state index in [9.17, 15) is 23.9 Å². The number of anilines is 1. The van der Waals surface area contributed by atoms with E-state index in [4.69, 9.17) is 11.6 Å². The fourth-order valence-electron chi connectivity index (χ4n) is 4.25. The summed E-state index contributed by atoms with van der Waals surface area (Å²) in [5.74, 6) is -2.94. The predicted molar refractivity (Wildman–Crippen MR) is 120 cm³/mol. The molecule has 0 saturated carbocycles. The van der Waals surface area contributed by atoms with Crippen molar-refractivity contribution in [2.45, 2.75) is 31.3 Å². The number of carbonyl (C=O) groups is 2. The molecule has 33 heavy (non-hydrogen) atoms. The number of aromatic nitrogens is 1. The highest BCUT2D eigenvalue weighted by molar-refractivity contribution is 6.22. The molecule has 1 aliphatic heterocycles. The lowest BCUT2D eigenvalue weighted by atomic mass is 10.1. The van der Waals surface area contributed by atoms with E-state index in [1.165, 1.54) is 41.8 Å². The van der Waals surface area contributed by atoms with Crippen LogP contribution >= 0.6 is 11.6 Å². The summed E-state index contributed by atoms with van der Waals surface area (Å²) in [6, 6.07) is 6.91. The Balaban J connectivity index is 1.93. The summed E-state index contributed by atoms with van der Waals surface area (Å²) in [4.78, 5) is 37.7. The molecule has 172 valence electrons. The number of aromatic carboxylic acids is 1. The number of benzene rings is 2. The van der Waals surface area contributed by atoms with Crippen LogP contribution in [0.15, 0.2) is 47.4 Å². The smallest absolute Gasteiger partial charge is 0.341 e. The monoisotopic (exact) mass is 475 g/mol. The first kappa shape index (κ1) is 22.7. The minimum absolute atomic E-state index is 0.131. The van der Waals surface area contributed by atoms with Gasteiger partial charge < -0.3 is 19.9 Å². The van der Waals surface area contributed by atoms with Crippen molar-refractivity contribution in [2.24, 2.45) is 0 Å². The van der Waals surface area contributed by atoms with Crippen LogP contribution in [0, 0.1) is 11.6 Å². The SMILES string of the molecule is CC(=O)N[C@@H]1C(Cl)CN(c2cc3c(cc2F)c(=O)c(C(=O)O)cn3-c2ccc(F)cc2)[C@@H]1C. The van der Waals surface area contributed by atoms with Gasteiger partial charge in [-0.25, -0.2) is 13.6 Å². The van der Waals surface area contributed by atoms with Gasteiger partial charge in [-0.15, -0.1) is 11.6 Å². The summed E-state index contributed by atoms with van der Waals surface area (Å²) in [5.41, 5.74) is -0.592. The fraction of sp³-hybridized carbons (Fsp3) is 0.261. The quantitative estimate of drug-likeness (QED) is 0.565. The van der Waals surface area contributed by atoms with E-state index < -0.39 is 40.0 Å². The maximum atomic E-state index is 15.2. The van der Waals surface area contributed by atoms with Crippen molar-refractivity contribution in [1.82, 2.24) is 9.88 Å². The van der Waals surface area contributed by atoms with Crippen molar-refractivity contribution in [1.29, 1.82) is 0 Å². The molecule has 2 aromatic carbocycles. The highest BCUT2D eigenvalue weighted by Crippen LogP contribution is 2.33. The second-order valence-electron chi connectivity index (χ2n) is 7.98. The molecule has 1 amide bonds. The minimum Gasteiger partial charge on any atom is -0.477 e. The zero-order valence-electron chi connectivity index (χ0n) is 17.7. The van der Waals surface area contributed by atoms with E-state index >= 15 is 4.39 Å². The third-order valence-corrected chi connectivity index (χ3v) is 6.27. The lowest BCUT2D eigenvalue weighted by molar-refractivity contribution is -0.119. The van der Waals surface area contributed by atoms with Crippen molar-refractivity contribution >= 4 is 40.1 Å². The van der Waals surface area contributed by atoms with Gasteiger partial charge in [0.25, 0.3) is 0 Å². The zero-order valence-corrected chi connectivity index (χ0v) is 18.4. The third kappa shape index (κ3) is 4.04. The molecule has 1 saturated heterocycles. The number of fused-ring (bicyclic) bond motifs is 1. The van der Waals surface area contributed by atoms with Gasteiger partial charge in [-0.05, 0) is 43.3 Å². The van der Waals surface area contributed by atoms with Crippen LogP contribution in [0.4, 0.5) is 14.5 Å². The number of alkyl halides is 1. The van der Waals surface area contributed by atoms with E-state index in [2.05, 4.69) is 5.32 Å². The molecule has 2 N–H and O–H groups in total. The molecule has 3 atom stereocenters. The zero-order chi connectivity index (χ0) is 24.0. The van der Waals surface area contributed by atoms with Gasteiger partial charge in [-0.1, -0.05) is 0 Å². The summed E-state index contributed by atoms with van der Waals surface area (Å²) in [6.45, 7) is 3.41. The summed E-state index contributed by atoms with van der Waals surface area (Å²) < 4.78 is 30.1. The molecule has 1 unspecified atom stereocenters. The summed E-state index contributed by atoms with van der Waals surface area (Å²) in [7, 11) is 0. The first-order valence-corrected chi connectivity index (χ1v) is 10.6. The standard InChI is InChI=1S/C23H20ClF2N3O4/c1-11-21(27-12(2)30)17(24)10-28(11)20-8-19-15(7-18(20)26)22(31)16(23(32)33)9-29(19)14-5-3-13(25)4-6-14/h3-9,11,17,21H,10H2,1-2H3,(H,27,30)(H,32,33)/t11-,17?,21+/m1/s1. The molecule has 7 nitrogen and oxygen atoms in total. The van der Waals surface area contributed by atoms with Gasteiger partial charge in [-0.3, -0.25) is 9.59 Å². The molecule has 1 aliphatic rings. The molecule has 3 aromatic rings. The third-order valence-electron chi connectivity index (χ3n) is 5.86. The van der Waals surface area contributed by atoms with Gasteiger partial charge >= 0.3 is 5.97 Å². The summed E-state index contributed by atoms with van der Waals surface area (Å²) in [5, 5.41) is 11.6. The number of nitrogens with one attached hydrogen (secondary N) is 1. The van der Waals surface area contributed by atoms with E-state index in [-0.39, 0.29) is 35.1 Å². The second-order valence-corrected chi connectivity index (χ2v) is 8.54. The summed E-state index contributed by atoms with van der Waals surface area (Å²) in [6.07, 6.45) is 1.14. The fourth-order valence-corrected chi connectivity index (χ4v) is 4.67. The van der Waals surface area contributed by atoms with Crippen LogP contribution in [0.3, 0.4) is 0 Å². The van der Waals surface area contributed by atoms with Gasteiger partial charge in [0.05, 0.1) is 22.6 Å². The molecule has 0 aliphatic carbocycles. The Kier molecular flexibility index (Phi) is 5.84. The number of rotatable bonds is 4. The average molecular weight is 476 g/mol. The first-order chi connectivity index (χ1) is 15.6. The molecule has 0 bridgehead atoms. The van der Waals surface area contributed by atoms with Gasteiger partial charge in [0, 0.05) is 36.8 Å². The van der Waals surface area contributed by atoms with Crippen LogP contribution in [0.25, 0.3) is 16.6 Å². The Labute approximate surface area is 192 Å². The van der Waals surface area contributed by atoms with Crippen molar-refractivity contribution in [3.05, 3.63) is 70.0 Å². The molecule has 4 rings (SSSR count). The van der Waals surface area contributed by atoms with Crippen LogP contribution in [0.1, 0.15) is 24.2 Å². The molecular formula is C23H20ClF2N3O4. The number of carboxylic acid groups (broad SMARTS) is 1. The number of amides is 1. The number of pyridine rings is 1. The molecule has 1 aromatic heterocycles. The van der Waals surface area contributed by atoms with E-state index in [1.54, 1.807) is 11.8 Å².